The van der Waals surface area contributed by atoms with E-state index in [-0.39, 0.29) is 6.03 Å². The van der Waals surface area contributed by atoms with Crippen LogP contribution in [0.25, 0.3) is 0 Å². The van der Waals surface area contributed by atoms with Crippen LogP contribution in [0.4, 0.5) is 10.5 Å². The standard InChI is InChI=1S/C20H18ClN3O3/c1-26-19-12-14(10-11-22-19)13-23-20(25)24-16-7-3-5-9-18(16)27-17-8-4-2-6-15(17)21/h2-12H,13H2,1H3,(H2,23,24,25). The lowest BCUT2D eigenvalue weighted by Gasteiger charge is -2.13. The van der Waals surface area contributed by atoms with E-state index in [4.69, 9.17) is 21.1 Å². The van der Waals surface area contributed by atoms with Gasteiger partial charge in [0.25, 0.3) is 0 Å². The number of urea groups is 1. The Bertz CT molecular complexity index is 934. The van der Waals surface area contributed by atoms with Crippen molar-refractivity contribution in [3.63, 3.8) is 0 Å². The fraction of sp³-hybridized carbons (Fsp3) is 0.100. The third kappa shape index (κ3) is 5.12. The van der Waals surface area contributed by atoms with Crippen LogP contribution in [-0.4, -0.2) is 18.1 Å². The Labute approximate surface area is 162 Å². The number of ether oxygens (including phenoxy) is 2. The largest absolute Gasteiger partial charge is 0.481 e. The number of nitrogens with one attached hydrogen (secondary N) is 2. The number of para-hydroxylation sites is 3. The van der Waals surface area contributed by atoms with Crippen LogP contribution < -0.4 is 20.1 Å². The summed E-state index contributed by atoms with van der Waals surface area (Å²) in [5.41, 5.74) is 1.40. The van der Waals surface area contributed by atoms with Crippen LogP contribution in [0.15, 0.2) is 66.9 Å². The molecule has 3 aromatic rings. The highest BCUT2D eigenvalue weighted by molar-refractivity contribution is 6.32. The maximum absolute atomic E-state index is 12.3. The number of carbonyl (C=O) groups is 1. The Morgan fingerprint density at radius 1 is 1.07 bits per heavy atom. The monoisotopic (exact) mass is 383 g/mol. The Hall–Kier alpha value is -3.25. The highest BCUT2D eigenvalue weighted by atomic mass is 35.5. The SMILES string of the molecule is COc1cc(CNC(=O)Nc2ccccc2Oc2ccccc2Cl)ccn1. The minimum absolute atomic E-state index is 0.332. The molecule has 0 saturated heterocycles. The second-order valence-corrected chi connectivity index (χ2v) is 5.95. The van der Waals surface area contributed by atoms with Gasteiger partial charge >= 0.3 is 6.03 Å². The van der Waals surface area contributed by atoms with Gasteiger partial charge in [-0.3, -0.25) is 0 Å². The van der Waals surface area contributed by atoms with Crippen LogP contribution in [-0.2, 0) is 6.54 Å². The van der Waals surface area contributed by atoms with Gasteiger partial charge in [0.2, 0.25) is 5.88 Å². The van der Waals surface area contributed by atoms with Crippen molar-refractivity contribution in [1.82, 2.24) is 10.3 Å². The molecule has 0 fully saturated rings. The Morgan fingerprint density at radius 2 is 1.81 bits per heavy atom. The summed E-state index contributed by atoms with van der Waals surface area (Å²) in [5.74, 6) is 1.50. The number of benzene rings is 2. The Kier molecular flexibility index (Phi) is 6.12. The van der Waals surface area contributed by atoms with Crippen molar-refractivity contribution in [2.75, 3.05) is 12.4 Å². The molecular weight excluding hydrogens is 366 g/mol. The van der Waals surface area contributed by atoms with E-state index >= 15 is 0 Å². The average molecular weight is 384 g/mol. The van der Waals surface area contributed by atoms with E-state index in [1.165, 1.54) is 0 Å². The Balaban J connectivity index is 1.65. The van der Waals surface area contributed by atoms with Crippen LogP contribution >= 0.6 is 11.6 Å². The average Bonchev–Trinajstić information content (AvgIpc) is 2.70. The molecule has 0 saturated carbocycles. The van der Waals surface area contributed by atoms with Crippen LogP contribution in [0.5, 0.6) is 17.4 Å². The zero-order valence-electron chi connectivity index (χ0n) is 14.6. The molecule has 6 nitrogen and oxygen atoms in total. The zero-order chi connectivity index (χ0) is 19.1. The van der Waals surface area contributed by atoms with Crippen LogP contribution in [0, 0.1) is 0 Å². The third-order valence-electron chi connectivity index (χ3n) is 3.65. The molecule has 0 bridgehead atoms. The molecule has 2 N–H and O–H groups in total. The molecule has 0 aliphatic carbocycles. The number of aromatic nitrogens is 1. The molecule has 0 spiro atoms. The summed E-state index contributed by atoms with van der Waals surface area (Å²) in [5, 5.41) is 6.06. The molecule has 0 aliphatic heterocycles. The summed E-state index contributed by atoms with van der Waals surface area (Å²) in [6.07, 6.45) is 1.63. The van der Waals surface area contributed by atoms with Crippen LogP contribution in [0.3, 0.4) is 0 Å². The molecule has 2 aromatic carbocycles. The molecule has 2 amide bonds. The summed E-state index contributed by atoms with van der Waals surface area (Å²) in [6, 6.07) is 17.5. The van der Waals surface area contributed by atoms with Gasteiger partial charge in [-0.2, -0.15) is 0 Å². The van der Waals surface area contributed by atoms with E-state index in [2.05, 4.69) is 15.6 Å². The lowest BCUT2D eigenvalue weighted by molar-refractivity contribution is 0.251. The third-order valence-corrected chi connectivity index (χ3v) is 3.97. The fourth-order valence-corrected chi connectivity index (χ4v) is 2.50. The van der Waals surface area contributed by atoms with Gasteiger partial charge in [-0.1, -0.05) is 35.9 Å². The number of methoxy groups -OCH3 is 1. The first-order valence-electron chi connectivity index (χ1n) is 8.21. The van der Waals surface area contributed by atoms with Gasteiger partial charge in [-0.15, -0.1) is 0 Å². The molecule has 0 atom stereocenters. The number of carbonyl (C=O) groups excluding carboxylic acids is 1. The first-order valence-corrected chi connectivity index (χ1v) is 8.58. The quantitative estimate of drug-likeness (QED) is 0.637. The highest BCUT2D eigenvalue weighted by Gasteiger charge is 2.10. The van der Waals surface area contributed by atoms with E-state index in [1.807, 2.05) is 24.3 Å². The number of rotatable bonds is 6. The van der Waals surface area contributed by atoms with Gasteiger partial charge in [0.05, 0.1) is 17.8 Å². The number of nitrogens with zero attached hydrogens (tertiary/aromatic N) is 1. The minimum atomic E-state index is -0.360. The van der Waals surface area contributed by atoms with Gasteiger partial charge < -0.3 is 20.1 Å². The van der Waals surface area contributed by atoms with Crippen molar-refractivity contribution in [3.05, 3.63) is 77.4 Å². The highest BCUT2D eigenvalue weighted by Crippen LogP contribution is 2.33. The fourth-order valence-electron chi connectivity index (χ4n) is 2.33. The van der Waals surface area contributed by atoms with Gasteiger partial charge in [0.1, 0.15) is 5.75 Å². The molecule has 7 heteroatoms. The number of hydrogen-bond donors (Lipinski definition) is 2. The van der Waals surface area contributed by atoms with Crippen molar-refractivity contribution < 1.29 is 14.3 Å². The Morgan fingerprint density at radius 3 is 2.59 bits per heavy atom. The topological polar surface area (TPSA) is 72.5 Å². The normalized spacial score (nSPS) is 10.1. The van der Waals surface area contributed by atoms with Crippen molar-refractivity contribution in [1.29, 1.82) is 0 Å². The first kappa shape index (κ1) is 18.5. The molecule has 1 heterocycles. The lowest BCUT2D eigenvalue weighted by Crippen LogP contribution is -2.28. The number of pyridine rings is 1. The van der Waals surface area contributed by atoms with Crippen molar-refractivity contribution in [3.8, 4) is 17.4 Å². The maximum Gasteiger partial charge on any atom is 0.319 e. The summed E-state index contributed by atoms with van der Waals surface area (Å²) in [6.45, 7) is 0.332. The smallest absolute Gasteiger partial charge is 0.319 e. The molecule has 0 aliphatic rings. The van der Waals surface area contributed by atoms with Gasteiger partial charge in [0, 0.05) is 18.8 Å². The van der Waals surface area contributed by atoms with Gasteiger partial charge in [0.15, 0.2) is 5.75 Å². The van der Waals surface area contributed by atoms with E-state index in [9.17, 15) is 4.79 Å². The molecule has 1 aromatic heterocycles. The van der Waals surface area contributed by atoms with E-state index in [0.717, 1.165) is 5.56 Å². The molecular formula is C20H18ClN3O3. The lowest BCUT2D eigenvalue weighted by atomic mass is 10.2. The van der Waals surface area contributed by atoms with E-state index < -0.39 is 0 Å². The van der Waals surface area contributed by atoms with Crippen LogP contribution in [0.1, 0.15) is 5.56 Å². The zero-order valence-corrected chi connectivity index (χ0v) is 15.4. The summed E-state index contributed by atoms with van der Waals surface area (Å²) in [7, 11) is 1.54. The number of hydrogen-bond acceptors (Lipinski definition) is 4. The first-order chi connectivity index (χ1) is 13.2. The van der Waals surface area contributed by atoms with Gasteiger partial charge in [-0.05, 0) is 35.9 Å². The van der Waals surface area contributed by atoms with Crippen molar-refractivity contribution in [2.45, 2.75) is 6.54 Å². The molecule has 3 rings (SSSR count). The molecule has 27 heavy (non-hydrogen) atoms. The second-order valence-electron chi connectivity index (χ2n) is 5.54. The van der Waals surface area contributed by atoms with Crippen molar-refractivity contribution >= 4 is 23.3 Å². The maximum atomic E-state index is 12.3. The number of amides is 2. The van der Waals surface area contributed by atoms with Gasteiger partial charge in [-0.25, -0.2) is 9.78 Å². The summed E-state index contributed by atoms with van der Waals surface area (Å²) in [4.78, 5) is 16.3. The summed E-state index contributed by atoms with van der Waals surface area (Å²) >= 11 is 6.13. The van der Waals surface area contributed by atoms with Crippen LogP contribution in [0.2, 0.25) is 5.02 Å². The second kappa shape index (κ2) is 8.91. The number of halogens is 1. The predicted octanol–water partition coefficient (Wildman–Crippen LogP) is 4.86. The predicted molar refractivity (Wildman–Crippen MR) is 105 cm³/mol. The van der Waals surface area contributed by atoms with Crippen molar-refractivity contribution in [2.24, 2.45) is 0 Å². The number of anilines is 1. The molecule has 0 radical (unpaired) electrons. The minimum Gasteiger partial charge on any atom is -0.481 e. The molecule has 138 valence electrons. The molecule has 0 unspecified atom stereocenters. The van der Waals surface area contributed by atoms with E-state index in [1.54, 1.807) is 49.7 Å². The van der Waals surface area contributed by atoms with E-state index in [0.29, 0.717) is 34.6 Å². The summed E-state index contributed by atoms with van der Waals surface area (Å²) < 4.78 is 10.9.